The fourth-order valence-corrected chi connectivity index (χ4v) is 2.37. The molecule has 78 valence electrons. The third-order valence-corrected chi connectivity index (χ3v) is 3.69. The van der Waals surface area contributed by atoms with Gasteiger partial charge in [0.05, 0.1) is 26.2 Å². The van der Waals surface area contributed by atoms with Crippen molar-refractivity contribution in [3.8, 4) is 0 Å². The van der Waals surface area contributed by atoms with E-state index < -0.39 is 0 Å². The summed E-state index contributed by atoms with van der Waals surface area (Å²) in [6, 6.07) is 0. The van der Waals surface area contributed by atoms with Crippen LogP contribution in [0.4, 0.5) is 0 Å². The summed E-state index contributed by atoms with van der Waals surface area (Å²) >= 11 is 5.73. The Morgan fingerprint density at radius 1 is 1.15 bits per heavy atom. The van der Waals surface area contributed by atoms with Gasteiger partial charge in [0.15, 0.2) is 0 Å². The Hall–Kier alpha value is 0.210. The summed E-state index contributed by atoms with van der Waals surface area (Å²) in [5, 5.41) is 0. The van der Waals surface area contributed by atoms with Crippen LogP contribution in [0.1, 0.15) is 13.8 Å². The smallest absolute Gasteiger partial charge is 0.0916 e. The van der Waals surface area contributed by atoms with Crippen molar-refractivity contribution in [2.75, 3.05) is 51.7 Å². The molecule has 0 aromatic heterocycles. The molecule has 1 rings (SSSR count). The first-order valence-corrected chi connectivity index (χ1v) is 5.93. The van der Waals surface area contributed by atoms with Crippen LogP contribution in [-0.4, -0.2) is 61.1 Å². The largest absolute Gasteiger partial charge is 0.322 e. The van der Waals surface area contributed by atoms with Crippen molar-refractivity contribution in [3.05, 3.63) is 0 Å². The number of halogens is 1. The van der Waals surface area contributed by atoms with Gasteiger partial charge in [-0.1, -0.05) is 0 Å². The molecular formula is C10H22ClN2+. The van der Waals surface area contributed by atoms with Crippen LogP contribution in [0.15, 0.2) is 0 Å². The van der Waals surface area contributed by atoms with E-state index >= 15 is 0 Å². The predicted octanol–water partition coefficient (Wildman–Crippen LogP) is 1.40. The van der Waals surface area contributed by atoms with Gasteiger partial charge in [0, 0.05) is 25.5 Å². The molecule has 0 spiro atoms. The van der Waals surface area contributed by atoms with Crippen molar-refractivity contribution in [2.45, 2.75) is 13.8 Å². The van der Waals surface area contributed by atoms with Gasteiger partial charge in [-0.15, -0.1) is 11.6 Å². The van der Waals surface area contributed by atoms with Gasteiger partial charge in [-0.2, -0.15) is 0 Å². The van der Waals surface area contributed by atoms with Gasteiger partial charge in [-0.3, -0.25) is 4.90 Å². The van der Waals surface area contributed by atoms with E-state index in [1.165, 1.54) is 43.8 Å². The Morgan fingerprint density at radius 3 is 2.08 bits per heavy atom. The zero-order valence-corrected chi connectivity index (χ0v) is 9.69. The van der Waals surface area contributed by atoms with Crippen molar-refractivity contribution in [1.29, 1.82) is 0 Å². The maximum absolute atomic E-state index is 5.73. The normalized spacial score (nSPS) is 23.3. The Bertz CT molecular complexity index is 136. The topological polar surface area (TPSA) is 3.24 Å². The fourth-order valence-electron chi connectivity index (χ4n) is 2.13. The molecule has 1 aliphatic heterocycles. The van der Waals surface area contributed by atoms with E-state index in [1.54, 1.807) is 0 Å². The summed E-state index contributed by atoms with van der Waals surface area (Å²) in [5.74, 6) is 0.776. The number of hydrogen-bond donors (Lipinski definition) is 0. The maximum Gasteiger partial charge on any atom is 0.0916 e. The van der Waals surface area contributed by atoms with Gasteiger partial charge in [-0.25, -0.2) is 0 Å². The molecule has 0 aromatic rings. The summed E-state index contributed by atoms with van der Waals surface area (Å²) in [5.41, 5.74) is 0. The number of alkyl halides is 1. The minimum atomic E-state index is 0.776. The summed E-state index contributed by atoms with van der Waals surface area (Å²) < 4.78 is 1.30. The average molecular weight is 206 g/mol. The number of piperazine rings is 1. The third kappa shape index (κ3) is 2.83. The van der Waals surface area contributed by atoms with Gasteiger partial charge in [0.25, 0.3) is 0 Å². The summed E-state index contributed by atoms with van der Waals surface area (Å²) in [7, 11) is 0. The van der Waals surface area contributed by atoms with Crippen LogP contribution in [0.2, 0.25) is 0 Å². The molecule has 0 N–H and O–H groups in total. The molecule has 0 bridgehead atoms. The molecular weight excluding hydrogens is 184 g/mol. The fraction of sp³-hybridized carbons (Fsp3) is 1.00. The molecule has 1 fully saturated rings. The lowest BCUT2D eigenvalue weighted by Crippen LogP contribution is -2.59. The SMILES string of the molecule is CC[N+]1(CC)CCN(CCCl)CC1. The van der Waals surface area contributed by atoms with E-state index in [-0.39, 0.29) is 0 Å². The molecule has 2 nitrogen and oxygen atoms in total. The molecule has 0 aromatic carbocycles. The molecule has 3 heteroatoms. The molecule has 0 unspecified atom stereocenters. The third-order valence-electron chi connectivity index (χ3n) is 3.52. The van der Waals surface area contributed by atoms with Crippen molar-refractivity contribution in [1.82, 2.24) is 4.90 Å². The summed E-state index contributed by atoms with van der Waals surface area (Å²) in [6.07, 6.45) is 0. The monoisotopic (exact) mass is 205 g/mol. The van der Waals surface area contributed by atoms with Crippen molar-refractivity contribution in [3.63, 3.8) is 0 Å². The molecule has 13 heavy (non-hydrogen) atoms. The molecule has 0 saturated carbocycles. The lowest BCUT2D eigenvalue weighted by molar-refractivity contribution is -0.928. The van der Waals surface area contributed by atoms with Crippen molar-refractivity contribution in [2.24, 2.45) is 0 Å². The quantitative estimate of drug-likeness (QED) is 0.496. The van der Waals surface area contributed by atoms with Crippen LogP contribution in [0.25, 0.3) is 0 Å². The highest BCUT2D eigenvalue weighted by atomic mass is 35.5. The molecule has 1 heterocycles. The van der Waals surface area contributed by atoms with Crippen LogP contribution < -0.4 is 0 Å². The zero-order chi connectivity index (χ0) is 9.73. The Morgan fingerprint density at radius 2 is 1.69 bits per heavy atom. The Balaban J connectivity index is 2.36. The number of nitrogens with zero attached hydrogens (tertiary/aromatic N) is 2. The first-order chi connectivity index (χ1) is 6.26. The van der Waals surface area contributed by atoms with Gasteiger partial charge in [0.1, 0.15) is 0 Å². The number of likely N-dealkylation sites (N-methyl/N-ethyl adjacent to an activating group) is 1. The zero-order valence-electron chi connectivity index (χ0n) is 8.93. The van der Waals surface area contributed by atoms with Gasteiger partial charge in [0.2, 0.25) is 0 Å². The van der Waals surface area contributed by atoms with E-state index in [2.05, 4.69) is 18.7 Å². The minimum absolute atomic E-state index is 0.776. The number of quaternary nitrogens is 1. The Kier molecular flexibility index (Phi) is 4.50. The average Bonchev–Trinajstić information content (AvgIpc) is 2.20. The Labute approximate surface area is 87.1 Å². The van der Waals surface area contributed by atoms with Crippen LogP contribution >= 0.6 is 11.6 Å². The molecule has 0 amide bonds. The summed E-state index contributed by atoms with van der Waals surface area (Å²) in [4.78, 5) is 2.48. The number of rotatable bonds is 4. The molecule has 0 atom stereocenters. The van der Waals surface area contributed by atoms with Gasteiger partial charge >= 0.3 is 0 Å². The second-order valence-electron chi connectivity index (χ2n) is 3.95. The molecule has 0 radical (unpaired) electrons. The highest BCUT2D eigenvalue weighted by molar-refractivity contribution is 6.18. The molecule has 1 aliphatic rings. The number of hydrogen-bond acceptors (Lipinski definition) is 1. The first kappa shape index (κ1) is 11.3. The van der Waals surface area contributed by atoms with Crippen LogP contribution in [0, 0.1) is 0 Å². The summed E-state index contributed by atoms with van der Waals surface area (Å²) in [6.45, 7) is 13.3. The maximum atomic E-state index is 5.73. The van der Waals surface area contributed by atoms with E-state index in [4.69, 9.17) is 11.6 Å². The van der Waals surface area contributed by atoms with Crippen molar-refractivity contribution >= 4 is 11.6 Å². The van der Waals surface area contributed by atoms with E-state index in [1.807, 2.05) is 0 Å². The predicted molar refractivity (Wildman–Crippen MR) is 58.2 cm³/mol. The van der Waals surface area contributed by atoms with Crippen LogP contribution in [-0.2, 0) is 0 Å². The van der Waals surface area contributed by atoms with Gasteiger partial charge < -0.3 is 4.48 Å². The van der Waals surface area contributed by atoms with E-state index in [0.717, 1.165) is 12.4 Å². The highest BCUT2D eigenvalue weighted by Gasteiger charge is 2.28. The minimum Gasteiger partial charge on any atom is -0.322 e. The van der Waals surface area contributed by atoms with Crippen LogP contribution in [0.3, 0.4) is 0 Å². The first-order valence-electron chi connectivity index (χ1n) is 5.40. The van der Waals surface area contributed by atoms with Crippen LogP contribution in [0.5, 0.6) is 0 Å². The van der Waals surface area contributed by atoms with E-state index in [0.29, 0.717) is 0 Å². The standard InChI is InChI=1S/C10H22ClN2/c1-3-13(4-2)9-7-12(6-5-11)8-10-13/h3-10H2,1-2H3/q+1. The highest BCUT2D eigenvalue weighted by Crippen LogP contribution is 2.12. The molecule has 0 aliphatic carbocycles. The lowest BCUT2D eigenvalue weighted by atomic mass is 10.2. The van der Waals surface area contributed by atoms with Crippen molar-refractivity contribution < 1.29 is 4.48 Å². The van der Waals surface area contributed by atoms with E-state index in [9.17, 15) is 0 Å². The second kappa shape index (κ2) is 5.18. The van der Waals surface area contributed by atoms with Gasteiger partial charge in [-0.05, 0) is 13.8 Å². The lowest BCUT2D eigenvalue weighted by Gasteiger charge is -2.43. The second-order valence-corrected chi connectivity index (χ2v) is 4.33. The molecule has 1 saturated heterocycles.